The minimum atomic E-state index is -0.485. The molecule has 0 spiro atoms. The molecule has 140 valence electrons. The molecule has 0 aliphatic rings. The minimum Gasteiger partial charge on any atom is -0.497 e. The van der Waals surface area contributed by atoms with Crippen molar-refractivity contribution in [2.45, 2.75) is 13.0 Å². The van der Waals surface area contributed by atoms with E-state index in [1.54, 1.807) is 42.0 Å². The van der Waals surface area contributed by atoms with Crippen molar-refractivity contribution in [3.8, 4) is 5.75 Å². The largest absolute Gasteiger partial charge is 0.497 e. The summed E-state index contributed by atoms with van der Waals surface area (Å²) in [5.41, 5.74) is 1.37. The van der Waals surface area contributed by atoms with E-state index < -0.39 is 11.8 Å². The predicted octanol–water partition coefficient (Wildman–Crippen LogP) is 2.69. The van der Waals surface area contributed by atoms with Gasteiger partial charge in [-0.15, -0.1) is 0 Å². The number of hydrogen-bond donors (Lipinski definition) is 0. The number of esters is 1. The molecule has 0 unspecified atom stereocenters. The summed E-state index contributed by atoms with van der Waals surface area (Å²) in [6, 6.07) is 11.3. The molecule has 0 N–H and O–H groups in total. The molecule has 0 radical (unpaired) electrons. The van der Waals surface area contributed by atoms with Gasteiger partial charge in [-0.3, -0.25) is 9.59 Å². The molecule has 2 aromatic carbocycles. The predicted molar refractivity (Wildman–Crippen MR) is 99.1 cm³/mol. The number of benzene rings is 2. The molecule has 1 heterocycles. The summed E-state index contributed by atoms with van der Waals surface area (Å²) in [5, 5.41) is 0. The van der Waals surface area contributed by atoms with Gasteiger partial charge in [0.25, 0.3) is 5.91 Å². The van der Waals surface area contributed by atoms with Gasteiger partial charge in [0.05, 0.1) is 30.9 Å². The number of methoxy groups -OCH3 is 2. The average molecular weight is 388 g/mol. The highest BCUT2D eigenvalue weighted by Crippen LogP contribution is 2.19. The second-order valence-electron chi connectivity index (χ2n) is 5.69. The third-order valence-electron chi connectivity index (χ3n) is 3.87. The minimum absolute atomic E-state index is 0.0814. The maximum Gasteiger partial charge on any atom is 0.325 e. The normalized spacial score (nSPS) is 11.6. The number of thiazole rings is 1. The molecule has 3 rings (SSSR count). The van der Waals surface area contributed by atoms with Crippen LogP contribution in [0, 0.1) is 5.82 Å². The first kappa shape index (κ1) is 18.8. The van der Waals surface area contributed by atoms with Crippen molar-refractivity contribution in [1.82, 2.24) is 4.57 Å². The zero-order valence-electron chi connectivity index (χ0n) is 14.8. The van der Waals surface area contributed by atoms with E-state index in [1.807, 2.05) is 0 Å². The molecule has 0 aliphatic carbocycles. The van der Waals surface area contributed by atoms with Crippen LogP contribution >= 0.6 is 11.3 Å². The number of carbonyl (C=O) groups is 2. The molecule has 0 atom stereocenters. The molecule has 6 nitrogen and oxygen atoms in total. The fourth-order valence-corrected chi connectivity index (χ4v) is 3.65. The quantitative estimate of drug-likeness (QED) is 0.630. The Labute approximate surface area is 158 Å². The molecule has 0 saturated carbocycles. The maximum absolute atomic E-state index is 13.5. The highest BCUT2D eigenvalue weighted by atomic mass is 32.1. The molecular formula is C19H17FN2O4S. The van der Waals surface area contributed by atoms with E-state index in [0.717, 1.165) is 16.9 Å². The van der Waals surface area contributed by atoms with Crippen LogP contribution in [0.25, 0.3) is 10.2 Å². The Morgan fingerprint density at radius 3 is 2.74 bits per heavy atom. The summed E-state index contributed by atoms with van der Waals surface area (Å²) < 4.78 is 25.5. The average Bonchev–Trinajstić information content (AvgIpc) is 2.97. The van der Waals surface area contributed by atoms with Gasteiger partial charge in [-0.25, -0.2) is 4.39 Å². The lowest BCUT2D eigenvalue weighted by Gasteiger charge is -2.04. The SMILES string of the molecule is COC(=O)Cn1c(=NC(=O)Cc2cccc(OC)c2)sc2cc(F)ccc21. The Kier molecular flexibility index (Phi) is 5.66. The van der Waals surface area contributed by atoms with Gasteiger partial charge in [-0.2, -0.15) is 4.99 Å². The number of aromatic nitrogens is 1. The Morgan fingerprint density at radius 2 is 2.00 bits per heavy atom. The Morgan fingerprint density at radius 1 is 1.19 bits per heavy atom. The van der Waals surface area contributed by atoms with Crippen molar-refractivity contribution in [2.24, 2.45) is 4.99 Å². The molecule has 8 heteroatoms. The van der Waals surface area contributed by atoms with Crippen molar-refractivity contribution in [3.05, 3.63) is 58.6 Å². The summed E-state index contributed by atoms with van der Waals surface area (Å²) in [5.74, 6) is -0.615. The van der Waals surface area contributed by atoms with Crippen LogP contribution in [-0.2, 0) is 27.3 Å². The molecule has 0 aliphatic heterocycles. The molecule has 0 saturated heterocycles. The van der Waals surface area contributed by atoms with E-state index in [1.165, 1.54) is 19.2 Å². The van der Waals surface area contributed by atoms with Crippen LogP contribution in [-0.4, -0.2) is 30.7 Å². The van der Waals surface area contributed by atoms with Crippen LogP contribution in [0.2, 0.25) is 0 Å². The number of fused-ring (bicyclic) bond motifs is 1. The first-order chi connectivity index (χ1) is 13.0. The van der Waals surface area contributed by atoms with Crippen molar-refractivity contribution in [2.75, 3.05) is 14.2 Å². The summed E-state index contributed by atoms with van der Waals surface area (Å²) in [4.78, 5) is 28.6. The molecule has 1 amide bonds. The van der Waals surface area contributed by atoms with Crippen molar-refractivity contribution < 1.29 is 23.5 Å². The van der Waals surface area contributed by atoms with E-state index in [2.05, 4.69) is 4.99 Å². The van der Waals surface area contributed by atoms with Gasteiger partial charge in [0.15, 0.2) is 4.80 Å². The number of ether oxygens (including phenoxy) is 2. The second kappa shape index (κ2) is 8.13. The van der Waals surface area contributed by atoms with Gasteiger partial charge >= 0.3 is 5.97 Å². The number of hydrogen-bond acceptors (Lipinski definition) is 5. The van der Waals surface area contributed by atoms with Gasteiger partial charge in [0, 0.05) is 0 Å². The summed E-state index contributed by atoms with van der Waals surface area (Å²) in [6.45, 7) is -0.118. The first-order valence-corrected chi connectivity index (χ1v) is 8.88. The third kappa shape index (κ3) is 4.40. The van der Waals surface area contributed by atoms with Crippen molar-refractivity contribution in [1.29, 1.82) is 0 Å². The summed E-state index contributed by atoms with van der Waals surface area (Å²) in [6.07, 6.45) is 0.0814. The molecule has 1 aromatic heterocycles. The van der Waals surface area contributed by atoms with E-state index in [0.29, 0.717) is 20.8 Å². The standard InChI is InChI=1S/C19H17FN2O4S/c1-25-14-5-3-4-12(8-14)9-17(23)21-19-22(11-18(24)26-2)15-7-6-13(20)10-16(15)27-19/h3-8,10H,9,11H2,1-2H3. The Hall–Kier alpha value is -3.00. The number of rotatable bonds is 5. The summed E-state index contributed by atoms with van der Waals surface area (Å²) >= 11 is 1.14. The Balaban J connectivity index is 1.99. The fraction of sp³-hybridized carbons (Fsp3) is 0.211. The van der Waals surface area contributed by atoms with Gasteiger partial charge in [0.2, 0.25) is 0 Å². The smallest absolute Gasteiger partial charge is 0.325 e. The Bertz CT molecular complexity index is 1070. The van der Waals surface area contributed by atoms with E-state index in [-0.39, 0.29) is 18.9 Å². The maximum atomic E-state index is 13.5. The second-order valence-corrected chi connectivity index (χ2v) is 6.70. The molecule has 27 heavy (non-hydrogen) atoms. The van der Waals surface area contributed by atoms with Crippen LogP contribution in [0.4, 0.5) is 4.39 Å². The van der Waals surface area contributed by atoms with Crippen LogP contribution < -0.4 is 9.54 Å². The van der Waals surface area contributed by atoms with Crippen LogP contribution in [0.3, 0.4) is 0 Å². The first-order valence-electron chi connectivity index (χ1n) is 8.06. The number of carbonyl (C=O) groups excluding carboxylic acids is 2. The third-order valence-corrected chi connectivity index (χ3v) is 4.91. The number of nitrogens with zero attached hydrogens (tertiary/aromatic N) is 2. The lowest BCUT2D eigenvalue weighted by atomic mass is 10.1. The molecule has 0 bridgehead atoms. The fourth-order valence-electron chi connectivity index (χ4n) is 2.58. The van der Waals surface area contributed by atoms with Gasteiger partial charge in [-0.1, -0.05) is 23.5 Å². The van der Waals surface area contributed by atoms with Crippen LogP contribution in [0.5, 0.6) is 5.75 Å². The van der Waals surface area contributed by atoms with E-state index in [4.69, 9.17) is 9.47 Å². The number of halogens is 1. The lowest BCUT2D eigenvalue weighted by molar-refractivity contribution is -0.141. The van der Waals surface area contributed by atoms with Gasteiger partial charge in [0.1, 0.15) is 18.1 Å². The zero-order chi connectivity index (χ0) is 19.4. The summed E-state index contributed by atoms with van der Waals surface area (Å²) in [7, 11) is 2.83. The zero-order valence-corrected chi connectivity index (χ0v) is 15.6. The monoisotopic (exact) mass is 388 g/mol. The highest BCUT2D eigenvalue weighted by Gasteiger charge is 2.13. The van der Waals surface area contributed by atoms with E-state index >= 15 is 0 Å². The van der Waals surface area contributed by atoms with E-state index in [9.17, 15) is 14.0 Å². The highest BCUT2D eigenvalue weighted by molar-refractivity contribution is 7.16. The van der Waals surface area contributed by atoms with Crippen molar-refractivity contribution in [3.63, 3.8) is 0 Å². The molecule has 0 fully saturated rings. The number of amides is 1. The lowest BCUT2D eigenvalue weighted by Crippen LogP contribution is -2.22. The molecular weight excluding hydrogens is 371 g/mol. The van der Waals surface area contributed by atoms with Crippen molar-refractivity contribution >= 4 is 33.4 Å². The topological polar surface area (TPSA) is 69.9 Å². The molecule has 3 aromatic rings. The van der Waals surface area contributed by atoms with Gasteiger partial charge in [-0.05, 0) is 35.9 Å². The van der Waals surface area contributed by atoms with Gasteiger partial charge < -0.3 is 14.0 Å². The van der Waals surface area contributed by atoms with Crippen LogP contribution in [0.1, 0.15) is 5.56 Å². The van der Waals surface area contributed by atoms with Crippen LogP contribution in [0.15, 0.2) is 47.5 Å².